The number of nitriles is 1. The van der Waals surface area contributed by atoms with Crippen molar-refractivity contribution in [1.82, 2.24) is 14.9 Å². The normalized spacial score (nSPS) is 18.0. The Kier molecular flexibility index (Phi) is 4.22. The molecule has 3 heterocycles. The molecule has 8 nitrogen and oxygen atoms in total. The third kappa shape index (κ3) is 2.86. The standard InChI is InChI=1S/C18H19N5O3/c1-25-15-3-2-12(6-13(15)8-19)11-26-16-7-17-22-5-4-20-9-14(22)10-23(17)18(24)21-16/h2-3,6-7,14,20H,4-5,9-11H2,1H3. The number of piperazine rings is 1. The summed E-state index contributed by atoms with van der Waals surface area (Å²) in [4.78, 5) is 18.6. The zero-order valence-corrected chi connectivity index (χ0v) is 14.4. The summed E-state index contributed by atoms with van der Waals surface area (Å²) in [5, 5.41) is 12.5. The minimum Gasteiger partial charge on any atom is -0.495 e. The SMILES string of the molecule is COc1ccc(COc2cc3n(c(=O)n2)CC2CNCCN32)cc1C#N. The van der Waals surface area contributed by atoms with Gasteiger partial charge in [-0.15, -0.1) is 0 Å². The number of nitrogens with one attached hydrogen (secondary N) is 1. The molecule has 0 bridgehead atoms. The van der Waals surface area contributed by atoms with E-state index in [0.717, 1.165) is 31.0 Å². The van der Waals surface area contributed by atoms with Crippen LogP contribution in [0.5, 0.6) is 11.6 Å². The fourth-order valence-electron chi connectivity index (χ4n) is 3.48. The monoisotopic (exact) mass is 353 g/mol. The lowest BCUT2D eigenvalue weighted by atomic mass is 10.1. The highest BCUT2D eigenvalue weighted by atomic mass is 16.5. The van der Waals surface area contributed by atoms with Crippen molar-refractivity contribution in [3.05, 3.63) is 45.9 Å². The lowest BCUT2D eigenvalue weighted by Crippen LogP contribution is -2.49. The maximum Gasteiger partial charge on any atom is 0.352 e. The molecule has 1 unspecified atom stereocenters. The molecule has 4 rings (SSSR count). The van der Waals surface area contributed by atoms with Gasteiger partial charge in [0.15, 0.2) is 0 Å². The Hall–Kier alpha value is -3.05. The van der Waals surface area contributed by atoms with E-state index < -0.39 is 0 Å². The van der Waals surface area contributed by atoms with Crippen LogP contribution in [0.2, 0.25) is 0 Å². The predicted molar refractivity (Wildman–Crippen MR) is 94.5 cm³/mol. The molecule has 134 valence electrons. The van der Waals surface area contributed by atoms with Gasteiger partial charge in [-0.1, -0.05) is 6.07 Å². The summed E-state index contributed by atoms with van der Waals surface area (Å²) in [7, 11) is 1.53. The zero-order chi connectivity index (χ0) is 18.1. The molecule has 0 radical (unpaired) electrons. The van der Waals surface area contributed by atoms with Gasteiger partial charge >= 0.3 is 5.69 Å². The summed E-state index contributed by atoms with van der Waals surface area (Å²) in [6, 6.07) is 9.47. The van der Waals surface area contributed by atoms with Crippen LogP contribution in [0.1, 0.15) is 11.1 Å². The predicted octanol–water partition coefficient (Wildman–Crippen LogP) is 0.494. The van der Waals surface area contributed by atoms with Gasteiger partial charge in [0.05, 0.1) is 25.3 Å². The Morgan fingerprint density at radius 2 is 2.31 bits per heavy atom. The minimum absolute atomic E-state index is 0.222. The number of benzene rings is 1. The van der Waals surface area contributed by atoms with Gasteiger partial charge in [0.25, 0.3) is 0 Å². The second kappa shape index (κ2) is 6.69. The highest BCUT2D eigenvalue weighted by Gasteiger charge is 2.32. The molecule has 1 aromatic heterocycles. The molecule has 1 aromatic carbocycles. The third-order valence-corrected chi connectivity index (χ3v) is 4.77. The maximum absolute atomic E-state index is 12.3. The molecule has 2 aliphatic heterocycles. The number of anilines is 1. The first-order valence-electron chi connectivity index (χ1n) is 8.48. The maximum atomic E-state index is 12.3. The summed E-state index contributed by atoms with van der Waals surface area (Å²) in [6.07, 6.45) is 0. The van der Waals surface area contributed by atoms with Crippen LogP contribution in [-0.4, -0.2) is 42.3 Å². The molecule has 0 spiro atoms. The van der Waals surface area contributed by atoms with E-state index in [-0.39, 0.29) is 18.3 Å². The number of ether oxygens (including phenoxy) is 2. The molecule has 2 aromatic rings. The summed E-state index contributed by atoms with van der Waals surface area (Å²) in [6.45, 7) is 3.49. The van der Waals surface area contributed by atoms with Gasteiger partial charge in [0.1, 0.15) is 24.2 Å². The highest BCUT2D eigenvalue weighted by Crippen LogP contribution is 2.27. The van der Waals surface area contributed by atoms with Crippen molar-refractivity contribution < 1.29 is 9.47 Å². The molecular weight excluding hydrogens is 334 g/mol. The van der Waals surface area contributed by atoms with Crippen LogP contribution in [0.4, 0.5) is 5.82 Å². The van der Waals surface area contributed by atoms with Crippen molar-refractivity contribution in [1.29, 1.82) is 5.26 Å². The molecular formula is C18H19N5O3. The van der Waals surface area contributed by atoms with E-state index in [0.29, 0.717) is 23.7 Å². The van der Waals surface area contributed by atoms with E-state index >= 15 is 0 Å². The second-order valence-electron chi connectivity index (χ2n) is 6.33. The average molecular weight is 353 g/mol. The van der Waals surface area contributed by atoms with Crippen molar-refractivity contribution in [2.45, 2.75) is 19.2 Å². The molecule has 1 atom stereocenters. The molecule has 0 aliphatic carbocycles. The van der Waals surface area contributed by atoms with Crippen LogP contribution in [-0.2, 0) is 13.2 Å². The van der Waals surface area contributed by atoms with Crippen LogP contribution in [0.25, 0.3) is 0 Å². The molecule has 1 N–H and O–H groups in total. The topological polar surface area (TPSA) is 92.4 Å². The summed E-state index contributed by atoms with van der Waals surface area (Å²) in [5.74, 6) is 1.68. The lowest BCUT2D eigenvalue weighted by Gasteiger charge is -2.31. The number of hydrogen-bond donors (Lipinski definition) is 1. The smallest absolute Gasteiger partial charge is 0.352 e. The van der Waals surface area contributed by atoms with Crippen LogP contribution >= 0.6 is 0 Å². The number of rotatable bonds is 4. The summed E-state index contributed by atoms with van der Waals surface area (Å²) < 4.78 is 12.6. The highest BCUT2D eigenvalue weighted by molar-refractivity contribution is 5.48. The second-order valence-corrected chi connectivity index (χ2v) is 6.33. The van der Waals surface area contributed by atoms with Gasteiger partial charge in [-0.25, -0.2) is 4.79 Å². The van der Waals surface area contributed by atoms with Gasteiger partial charge in [0, 0.05) is 25.7 Å². The van der Waals surface area contributed by atoms with Crippen molar-refractivity contribution in [3.8, 4) is 17.7 Å². The Bertz CT molecular complexity index is 933. The number of nitrogens with zero attached hydrogens (tertiary/aromatic N) is 4. The van der Waals surface area contributed by atoms with Gasteiger partial charge < -0.3 is 19.7 Å². The Morgan fingerprint density at radius 1 is 1.42 bits per heavy atom. The van der Waals surface area contributed by atoms with Crippen molar-refractivity contribution >= 4 is 5.82 Å². The van der Waals surface area contributed by atoms with E-state index in [9.17, 15) is 10.1 Å². The van der Waals surface area contributed by atoms with Gasteiger partial charge in [0.2, 0.25) is 5.88 Å². The quantitative estimate of drug-likeness (QED) is 0.855. The first-order chi connectivity index (χ1) is 12.7. The Morgan fingerprint density at radius 3 is 3.12 bits per heavy atom. The van der Waals surface area contributed by atoms with E-state index in [1.165, 1.54) is 7.11 Å². The van der Waals surface area contributed by atoms with Crippen LogP contribution in [0.15, 0.2) is 29.1 Å². The summed E-state index contributed by atoms with van der Waals surface area (Å²) in [5.41, 5.74) is 0.961. The Labute approximate surface area is 150 Å². The minimum atomic E-state index is -0.292. The lowest BCUT2D eigenvalue weighted by molar-refractivity contribution is 0.291. The fraction of sp³-hybridized carbons (Fsp3) is 0.389. The first kappa shape index (κ1) is 16.4. The number of aromatic nitrogens is 2. The van der Waals surface area contributed by atoms with E-state index in [1.54, 1.807) is 16.7 Å². The zero-order valence-electron chi connectivity index (χ0n) is 14.4. The number of methoxy groups -OCH3 is 1. The van der Waals surface area contributed by atoms with E-state index in [2.05, 4.69) is 21.3 Å². The first-order valence-corrected chi connectivity index (χ1v) is 8.48. The van der Waals surface area contributed by atoms with E-state index in [1.807, 2.05) is 12.1 Å². The van der Waals surface area contributed by atoms with Crippen molar-refractivity contribution in [2.24, 2.45) is 0 Å². The van der Waals surface area contributed by atoms with Crippen molar-refractivity contribution in [2.75, 3.05) is 31.6 Å². The fourth-order valence-corrected chi connectivity index (χ4v) is 3.48. The van der Waals surface area contributed by atoms with Gasteiger partial charge in [-0.3, -0.25) is 4.57 Å². The molecule has 1 fully saturated rings. The average Bonchev–Trinajstić information content (AvgIpc) is 3.05. The van der Waals surface area contributed by atoms with Gasteiger partial charge in [-0.05, 0) is 17.7 Å². The van der Waals surface area contributed by atoms with Crippen LogP contribution < -0.4 is 25.4 Å². The van der Waals surface area contributed by atoms with Crippen molar-refractivity contribution in [3.63, 3.8) is 0 Å². The molecule has 0 amide bonds. The molecule has 2 aliphatic rings. The molecule has 0 saturated carbocycles. The molecule has 26 heavy (non-hydrogen) atoms. The van der Waals surface area contributed by atoms with Crippen LogP contribution in [0.3, 0.4) is 0 Å². The van der Waals surface area contributed by atoms with E-state index in [4.69, 9.17) is 9.47 Å². The Balaban J connectivity index is 1.54. The molecule has 1 saturated heterocycles. The largest absolute Gasteiger partial charge is 0.495 e. The van der Waals surface area contributed by atoms with Gasteiger partial charge in [-0.2, -0.15) is 10.2 Å². The summed E-state index contributed by atoms with van der Waals surface area (Å²) >= 11 is 0. The molecule has 8 heteroatoms. The number of fused-ring (bicyclic) bond motifs is 3. The third-order valence-electron chi connectivity index (χ3n) is 4.77. The number of hydrogen-bond acceptors (Lipinski definition) is 7. The van der Waals surface area contributed by atoms with Crippen LogP contribution in [0, 0.1) is 11.3 Å².